The molecule has 1 aromatic heterocycles. The predicted octanol–water partition coefficient (Wildman–Crippen LogP) is 3.04. The van der Waals surface area contributed by atoms with Gasteiger partial charge < -0.3 is 10.2 Å². The Morgan fingerprint density at radius 2 is 2.16 bits per heavy atom. The van der Waals surface area contributed by atoms with Crippen LogP contribution >= 0.6 is 0 Å². The van der Waals surface area contributed by atoms with E-state index in [1.165, 1.54) is 23.1 Å². The zero-order chi connectivity index (χ0) is 17.4. The Labute approximate surface area is 148 Å². The maximum atomic E-state index is 13.3. The van der Waals surface area contributed by atoms with E-state index in [2.05, 4.69) is 52.5 Å². The molecule has 0 saturated carbocycles. The number of carbonyl (C=O) groups excluding carboxylic acids is 1. The summed E-state index contributed by atoms with van der Waals surface area (Å²) in [4.78, 5) is 15.4. The molecule has 25 heavy (non-hydrogen) atoms. The van der Waals surface area contributed by atoms with Gasteiger partial charge in [0.2, 0.25) is 0 Å². The van der Waals surface area contributed by atoms with Crippen molar-refractivity contribution in [3.8, 4) is 0 Å². The Morgan fingerprint density at radius 1 is 1.28 bits per heavy atom. The molecule has 2 N–H and O–H groups in total. The van der Waals surface area contributed by atoms with Gasteiger partial charge >= 0.3 is 0 Å². The Kier molecular flexibility index (Phi) is 4.34. The summed E-state index contributed by atoms with van der Waals surface area (Å²) in [5.74, 6) is 0.0757. The topological polar surface area (TPSA) is 61.0 Å². The number of rotatable bonds is 2. The third kappa shape index (κ3) is 2.86. The molecule has 132 valence electrons. The summed E-state index contributed by atoms with van der Waals surface area (Å²) in [5.41, 5.74) is 6.66. The smallest absolute Gasteiger partial charge is 0.275 e. The highest BCUT2D eigenvalue weighted by atomic mass is 16.2. The molecule has 0 spiro atoms. The van der Waals surface area contributed by atoms with E-state index in [0.29, 0.717) is 5.69 Å². The summed E-state index contributed by atoms with van der Waals surface area (Å²) in [6.45, 7) is 6.80. The second-order valence-electron chi connectivity index (χ2n) is 7.26. The fourth-order valence-corrected chi connectivity index (χ4v) is 4.17. The molecule has 5 nitrogen and oxygen atoms in total. The molecule has 1 atom stereocenters. The minimum absolute atomic E-state index is 0.0757. The summed E-state index contributed by atoms with van der Waals surface area (Å²) in [7, 11) is 0. The minimum atomic E-state index is 0.0757. The lowest BCUT2D eigenvalue weighted by Crippen LogP contribution is -2.39. The van der Waals surface area contributed by atoms with Crippen LogP contribution in [0.5, 0.6) is 0 Å². The molecule has 1 saturated heterocycles. The number of piperidine rings is 1. The van der Waals surface area contributed by atoms with Gasteiger partial charge in [-0.1, -0.05) is 18.2 Å². The van der Waals surface area contributed by atoms with Gasteiger partial charge in [-0.25, -0.2) is 0 Å². The van der Waals surface area contributed by atoms with E-state index in [4.69, 9.17) is 0 Å². The fourth-order valence-electron chi connectivity index (χ4n) is 4.17. The fraction of sp³-hybridized carbons (Fsp3) is 0.500. The number of carbonyl (C=O) groups is 1. The van der Waals surface area contributed by atoms with Gasteiger partial charge in [0.05, 0.1) is 6.04 Å². The van der Waals surface area contributed by atoms with Crippen LogP contribution in [0.15, 0.2) is 18.2 Å². The zero-order valence-electron chi connectivity index (χ0n) is 15.1. The number of H-pyrrole nitrogens is 1. The number of aromatic nitrogens is 2. The molecule has 1 aromatic carbocycles. The number of fused-ring (bicyclic) bond motifs is 1. The van der Waals surface area contributed by atoms with Crippen LogP contribution in [0.3, 0.4) is 0 Å². The Balaban J connectivity index is 1.68. The first kappa shape index (κ1) is 16.3. The van der Waals surface area contributed by atoms with E-state index in [9.17, 15) is 4.79 Å². The number of nitrogens with zero attached hydrogens (tertiary/aromatic N) is 2. The van der Waals surface area contributed by atoms with Crippen LogP contribution in [0.4, 0.5) is 0 Å². The molecule has 1 fully saturated rings. The summed E-state index contributed by atoms with van der Waals surface area (Å²) >= 11 is 0. The number of likely N-dealkylation sites (tertiary alicyclic amines) is 1. The minimum Gasteiger partial charge on any atom is -0.330 e. The van der Waals surface area contributed by atoms with Crippen LogP contribution in [-0.2, 0) is 13.0 Å². The summed E-state index contributed by atoms with van der Waals surface area (Å²) < 4.78 is 0. The van der Waals surface area contributed by atoms with E-state index in [1.54, 1.807) is 0 Å². The number of hydrogen-bond donors (Lipinski definition) is 2. The van der Waals surface area contributed by atoms with Gasteiger partial charge in [-0.2, -0.15) is 5.10 Å². The lowest BCUT2D eigenvalue weighted by molar-refractivity contribution is 0.0603. The first-order valence-electron chi connectivity index (χ1n) is 9.30. The Morgan fingerprint density at radius 3 is 3.04 bits per heavy atom. The van der Waals surface area contributed by atoms with Crippen molar-refractivity contribution in [2.24, 2.45) is 0 Å². The monoisotopic (exact) mass is 338 g/mol. The van der Waals surface area contributed by atoms with Crippen molar-refractivity contribution in [3.63, 3.8) is 0 Å². The van der Waals surface area contributed by atoms with Crippen LogP contribution in [0.25, 0.3) is 0 Å². The number of benzene rings is 1. The molecule has 4 rings (SSSR count). The summed E-state index contributed by atoms with van der Waals surface area (Å²) in [6, 6.07) is 6.59. The van der Waals surface area contributed by atoms with Crippen LogP contribution in [0, 0.1) is 13.8 Å². The van der Waals surface area contributed by atoms with Crippen molar-refractivity contribution < 1.29 is 4.79 Å². The van der Waals surface area contributed by atoms with Crippen molar-refractivity contribution in [1.29, 1.82) is 0 Å². The van der Waals surface area contributed by atoms with E-state index in [0.717, 1.165) is 50.2 Å². The highest BCUT2D eigenvalue weighted by Gasteiger charge is 2.33. The maximum Gasteiger partial charge on any atom is 0.275 e. The first-order valence-corrected chi connectivity index (χ1v) is 9.30. The van der Waals surface area contributed by atoms with E-state index in [-0.39, 0.29) is 11.9 Å². The van der Waals surface area contributed by atoms with Gasteiger partial charge in [-0.15, -0.1) is 0 Å². The SMILES string of the molecule is Cc1cccc(C2CCCCN2C(=O)c2n[nH]c3c2CNCC3)c1C. The normalized spacial score (nSPS) is 20.4. The average Bonchev–Trinajstić information content (AvgIpc) is 3.08. The molecule has 3 heterocycles. The highest BCUT2D eigenvalue weighted by molar-refractivity contribution is 5.94. The van der Waals surface area contributed by atoms with Crippen molar-refractivity contribution >= 4 is 5.91 Å². The lowest BCUT2D eigenvalue weighted by atomic mass is 9.90. The van der Waals surface area contributed by atoms with Gasteiger partial charge in [-0.3, -0.25) is 9.89 Å². The van der Waals surface area contributed by atoms with Crippen molar-refractivity contribution in [2.75, 3.05) is 13.1 Å². The molecule has 0 bridgehead atoms. The number of aromatic amines is 1. The molecular formula is C20H26N4O. The van der Waals surface area contributed by atoms with Gasteiger partial charge in [0.1, 0.15) is 0 Å². The van der Waals surface area contributed by atoms with Gasteiger partial charge in [-0.05, 0) is 49.8 Å². The zero-order valence-corrected chi connectivity index (χ0v) is 15.1. The number of aryl methyl sites for hydroxylation is 1. The quantitative estimate of drug-likeness (QED) is 0.885. The third-order valence-electron chi connectivity index (χ3n) is 5.78. The summed E-state index contributed by atoms with van der Waals surface area (Å²) in [6.07, 6.45) is 4.18. The van der Waals surface area contributed by atoms with E-state index in [1.807, 2.05) is 0 Å². The molecule has 2 aliphatic rings. The highest BCUT2D eigenvalue weighted by Crippen LogP contribution is 2.35. The van der Waals surface area contributed by atoms with Crippen molar-refractivity contribution in [3.05, 3.63) is 51.8 Å². The van der Waals surface area contributed by atoms with Gasteiger partial charge in [0.25, 0.3) is 5.91 Å². The van der Waals surface area contributed by atoms with Crippen molar-refractivity contribution in [2.45, 2.75) is 52.1 Å². The molecular weight excluding hydrogens is 312 g/mol. The molecule has 0 aliphatic carbocycles. The largest absolute Gasteiger partial charge is 0.330 e. The second kappa shape index (κ2) is 6.64. The van der Waals surface area contributed by atoms with Crippen LogP contribution < -0.4 is 5.32 Å². The van der Waals surface area contributed by atoms with E-state index >= 15 is 0 Å². The van der Waals surface area contributed by atoms with E-state index < -0.39 is 0 Å². The van der Waals surface area contributed by atoms with Crippen molar-refractivity contribution in [1.82, 2.24) is 20.4 Å². The molecule has 5 heteroatoms. The van der Waals surface area contributed by atoms with Crippen LogP contribution in [0.2, 0.25) is 0 Å². The van der Waals surface area contributed by atoms with Gasteiger partial charge in [0, 0.05) is 37.3 Å². The van der Waals surface area contributed by atoms with Crippen LogP contribution in [0.1, 0.15) is 63.7 Å². The molecule has 1 unspecified atom stereocenters. The number of nitrogens with one attached hydrogen (secondary N) is 2. The Hall–Kier alpha value is -2.14. The van der Waals surface area contributed by atoms with Gasteiger partial charge in [0.15, 0.2) is 5.69 Å². The number of hydrogen-bond acceptors (Lipinski definition) is 3. The number of amides is 1. The Bertz CT molecular complexity index is 795. The predicted molar refractivity (Wildman–Crippen MR) is 97.5 cm³/mol. The summed E-state index contributed by atoms with van der Waals surface area (Å²) in [5, 5.41) is 10.8. The van der Waals surface area contributed by atoms with Crippen LogP contribution in [-0.4, -0.2) is 34.1 Å². The molecule has 1 amide bonds. The maximum absolute atomic E-state index is 13.3. The first-order chi connectivity index (χ1) is 12.2. The molecule has 0 radical (unpaired) electrons. The third-order valence-corrected chi connectivity index (χ3v) is 5.78. The molecule has 2 aliphatic heterocycles. The standard InChI is InChI=1S/C20H26N4O/c1-13-6-5-7-15(14(13)2)18-8-3-4-11-24(18)20(25)19-16-12-21-10-9-17(16)22-23-19/h5-7,18,21H,3-4,8-12H2,1-2H3,(H,22,23). The average molecular weight is 338 g/mol. The lowest BCUT2D eigenvalue weighted by Gasteiger charge is -2.37. The second-order valence-corrected chi connectivity index (χ2v) is 7.26. The molecule has 2 aromatic rings.